The summed E-state index contributed by atoms with van der Waals surface area (Å²) in [6.45, 7) is 9.08. The van der Waals surface area contributed by atoms with Crippen molar-refractivity contribution in [3.05, 3.63) is 53.1 Å². The van der Waals surface area contributed by atoms with Crippen molar-refractivity contribution in [1.82, 2.24) is 4.90 Å². The molecule has 2 aromatic rings. The highest BCUT2D eigenvalue weighted by atomic mass is 32.1. The lowest BCUT2D eigenvalue weighted by molar-refractivity contribution is 0.171. The first-order valence-electron chi connectivity index (χ1n) is 8.58. The van der Waals surface area contributed by atoms with Gasteiger partial charge in [0.15, 0.2) is 16.6 Å². The Labute approximate surface area is 154 Å². The first kappa shape index (κ1) is 17.5. The van der Waals surface area contributed by atoms with E-state index >= 15 is 0 Å². The van der Waals surface area contributed by atoms with Crippen molar-refractivity contribution in [2.24, 2.45) is 0 Å². The van der Waals surface area contributed by atoms with Crippen LogP contribution in [-0.4, -0.2) is 29.8 Å². The van der Waals surface area contributed by atoms with Gasteiger partial charge in [-0.05, 0) is 73.9 Å². The molecule has 1 N–H and O–H groups in total. The molecule has 1 heterocycles. The smallest absolute Gasteiger partial charge is 0.173 e. The Morgan fingerprint density at radius 2 is 1.80 bits per heavy atom. The fraction of sp³-hybridized carbons (Fsp3) is 0.350. The molecule has 0 saturated carbocycles. The molecule has 0 unspecified atom stereocenters. The average Bonchev–Trinajstić information content (AvgIpc) is 2.62. The van der Waals surface area contributed by atoms with Gasteiger partial charge in [-0.3, -0.25) is 0 Å². The van der Waals surface area contributed by atoms with Crippen LogP contribution in [0.2, 0.25) is 0 Å². The van der Waals surface area contributed by atoms with E-state index in [2.05, 4.69) is 55.3 Å². The second-order valence-corrected chi connectivity index (χ2v) is 6.61. The zero-order chi connectivity index (χ0) is 17.8. The van der Waals surface area contributed by atoms with Gasteiger partial charge in [0.1, 0.15) is 13.2 Å². The van der Waals surface area contributed by atoms with Crippen molar-refractivity contribution in [2.75, 3.05) is 25.1 Å². The van der Waals surface area contributed by atoms with Gasteiger partial charge in [-0.15, -0.1) is 0 Å². The molecule has 3 rings (SSSR count). The van der Waals surface area contributed by atoms with Crippen molar-refractivity contribution < 1.29 is 9.47 Å². The van der Waals surface area contributed by atoms with Crippen LogP contribution in [-0.2, 0) is 6.54 Å². The van der Waals surface area contributed by atoms with E-state index in [1.807, 2.05) is 12.1 Å². The standard InChI is InChI=1S/C20H24N2O2S/c1-4-22(20(25)21-17-7-5-14(2)15(3)11-17)13-16-6-8-18-19(12-16)24-10-9-23-18/h5-8,11-12H,4,9-10,13H2,1-3H3,(H,21,25). The van der Waals surface area contributed by atoms with Crippen molar-refractivity contribution in [1.29, 1.82) is 0 Å². The molecule has 132 valence electrons. The lowest BCUT2D eigenvalue weighted by atomic mass is 10.1. The van der Waals surface area contributed by atoms with Crippen LogP contribution >= 0.6 is 12.2 Å². The molecule has 0 saturated heterocycles. The lowest BCUT2D eigenvalue weighted by Crippen LogP contribution is -2.34. The van der Waals surface area contributed by atoms with Crippen LogP contribution in [0.4, 0.5) is 5.69 Å². The van der Waals surface area contributed by atoms with Gasteiger partial charge in [-0.1, -0.05) is 12.1 Å². The minimum atomic E-state index is 0.598. The number of thiocarbonyl (C=S) groups is 1. The first-order valence-corrected chi connectivity index (χ1v) is 8.99. The van der Waals surface area contributed by atoms with Crippen molar-refractivity contribution in [2.45, 2.75) is 27.3 Å². The van der Waals surface area contributed by atoms with Gasteiger partial charge in [0.25, 0.3) is 0 Å². The fourth-order valence-electron chi connectivity index (χ4n) is 2.76. The third-order valence-corrected chi connectivity index (χ3v) is 4.77. The van der Waals surface area contributed by atoms with Gasteiger partial charge < -0.3 is 19.7 Å². The molecule has 0 aromatic heterocycles. The summed E-state index contributed by atoms with van der Waals surface area (Å²) in [6.07, 6.45) is 0. The van der Waals surface area contributed by atoms with E-state index in [4.69, 9.17) is 21.7 Å². The van der Waals surface area contributed by atoms with Crippen LogP contribution in [0.3, 0.4) is 0 Å². The molecular formula is C20H24N2O2S. The van der Waals surface area contributed by atoms with Crippen molar-refractivity contribution in [3.63, 3.8) is 0 Å². The number of fused-ring (bicyclic) bond motifs is 1. The fourth-order valence-corrected chi connectivity index (χ4v) is 3.07. The van der Waals surface area contributed by atoms with E-state index in [1.165, 1.54) is 11.1 Å². The zero-order valence-corrected chi connectivity index (χ0v) is 15.8. The second kappa shape index (κ2) is 7.74. The molecule has 0 aliphatic carbocycles. The maximum absolute atomic E-state index is 5.67. The third kappa shape index (κ3) is 4.23. The molecule has 0 atom stereocenters. The van der Waals surface area contributed by atoms with Crippen molar-refractivity contribution in [3.8, 4) is 11.5 Å². The maximum atomic E-state index is 5.67. The van der Waals surface area contributed by atoms with Gasteiger partial charge in [0.05, 0.1) is 0 Å². The van der Waals surface area contributed by atoms with E-state index in [0.717, 1.165) is 41.0 Å². The Balaban J connectivity index is 1.69. The van der Waals surface area contributed by atoms with E-state index < -0.39 is 0 Å². The summed E-state index contributed by atoms with van der Waals surface area (Å²) in [4.78, 5) is 2.13. The van der Waals surface area contributed by atoms with E-state index in [-0.39, 0.29) is 0 Å². The Kier molecular flexibility index (Phi) is 5.43. The van der Waals surface area contributed by atoms with Crippen LogP contribution in [0, 0.1) is 13.8 Å². The molecule has 0 radical (unpaired) electrons. The highest BCUT2D eigenvalue weighted by molar-refractivity contribution is 7.80. The number of nitrogens with zero attached hydrogens (tertiary/aromatic N) is 1. The number of hydrogen-bond donors (Lipinski definition) is 1. The Bertz CT molecular complexity index is 776. The summed E-state index contributed by atoms with van der Waals surface area (Å²) in [6, 6.07) is 12.4. The van der Waals surface area contributed by atoms with E-state index in [1.54, 1.807) is 0 Å². The lowest BCUT2D eigenvalue weighted by Gasteiger charge is -2.26. The number of rotatable bonds is 4. The van der Waals surface area contributed by atoms with Gasteiger partial charge in [0.2, 0.25) is 0 Å². The Morgan fingerprint density at radius 3 is 2.52 bits per heavy atom. The number of benzene rings is 2. The van der Waals surface area contributed by atoms with Crippen LogP contribution in [0.5, 0.6) is 11.5 Å². The van der Waals surface area contributed by atoms with Gasteiger partial charge in [-0.25, -0.2) is 0 Å². The predicted octanol–water partition coefficient (Wildman–Crippen LogP) is 4.29. The Morgan fingerprint density at radius 1 is 1.04 bits per heavy atom. The Hall–Kier alpha value is -2.27. The summed E-state index contributed by atoms with van der Waals surface area (Å²) in [5.41, 5.74) is 4.70. The molecule has 2 aromatic carbocycles. The molecule has 5 heteroatoms. The molecule has 1 aliphatic rings. The summed E-state index contributed by atoms with van der Waals surface area (Å²) < 4.78 is 11.2. The third-order valence-electron chi connectivity index (χ3n) is 4.41. The molecular weight excluding hydrogens is 332 g/mol. The number of nitrogens with one attached hydrogen (secondary N) is 1. The largest absolute Gasteiger partial charge is 0.486 e. The van der Waals surface area contributed by atoms with Crippen LogP contribution in [0.15, 0.2) is 36.4 Å². The summed E-state index contributed by atoms with van der Waals surface area (Å²) in [5.74, 6) is 1.63. The molecule has 4 nitrogen and oxygen atoms in total. The zero-order valence-electron chi connectivity index (χ0n) is 15.0. The number of anilines is 1. The number of ether oxygens (including phenoxy) is 2. The highest BCUT2D eigenvalue weighted by Crippen LogP contribution is 2.31. The quantitative estimate of drug-likeness (QED) is 0.827. The molecule has 25 heavy (non-hydrogen) atoms. The average molecular weight is 356 g/mol. The summed E-state index contributed by atoms with van der Waals surface area (Å²) >= 11 is 5.61. The SMILES string of the molecule is CCN(Cc1ccc2c(c1)OCCO2)C(=S)Nc1ccc(C)c(C)c1. The molecule has 1 aliphatic heterocycles. The van der Waals surface area contributed by atoms with Crippen LogP contribution in [0.1, 0.15) is 23.6 Å². The monoisotopic (exact) mass is 356 g/mol. The predicted molar refractivity (Wildman–Crippen MR) is 106 cm³/mol. The maximum Gasteiger partial charge on any atom is 0.173 e. The topological polar surface area (TPSA) is 33.7 Å². The van der Waals surface area contributed by atoms with E-state index in [9.17, 15) is 0 Å². The highest BCUT2D eigenvalue weighted by Gasteiger charge is 2.14. The number of aryl methyl sites for hydroxylation is 2. The molecule has 0 amide bonds. The van der Waals surface area contributed by atoms with Gasteiger partial charge in [0, 0.05) is 18.8 Å². The van der Waals surface area contributed by atoms with Crippen molar-refractivity contribution >= 4 is 23.0 Å². The first-order chi connectivity index (χ1) is 12.1. The minimum absolute atomic E-state index is 0.598. The number of hydrogen-bond acceptors (Lipinski definition) is 3. The summed E-state index contributed by atoms with van der Waals surface area (Å²) in [5, 5.41) is 4.07. The van der Waals surface area contributed by atoms with E-state index in [0.29, 0.717) is 13.2 Å². The van der Waals surface area contributed by atoms with Gasteiger partial charge >= 0.3 is 0 Å². The normalized spacial score (nSPS) is 12.6. The molecule has 0 bridgehead atoms. The van der Waals surface area contributed by atoms with Gasteiger partial charge in [-0.2, -0.15) is 0 Å². The minimum Gasteiger partial charge on any atom is -0.486 e. The second-order valence-electron chi connectivity index (χ2n) is 6.22. The summed E-state index contributed by atoms with van der Waals surface area (Å²) in [7, 11) is 0. The van der Waals surface area contributed by atoms with Crippen LogP contribution in [0.25, 0.3) is 0 Å². The molecule has 0 spiro atoms. The molecule has 0 fully saturated rings. The van der Waals surface area contributed by atoms with Crippen LogP contribution < -0.4 is 14.8 Å².